The highest BCUT2D eigenvalue weighted by molar-refractivity contribution is 7.79. The van der Waals surface area contributed by atoms with E-state index in [1.54, 1.807) is 0 Å². The van der Waals surface area contributed by atoms with E-state index in [-0.39, 0.29) is 5.03 Å². The molecule has 0 amide bonds. The quantitative estimate of drug-likeness (QED) is 0.528. The van der Waals surface area contributed by atoms with Gasteiger partial charge in [-0.25, -0.2) is 4.21 Å². The van der Waals surface area contributed by atoms with E-state index in [2.05, 4.69) is 10.2 Å². The molecule has 0 aliphatic heterocycles. The summed E-state index contributed by atoms with van der Waals surface area (Å²) in [5, 5.41) is 6.03. The van der Waals surface area contributed by atoms with Crippen LogP contribution in [0, 0.1) is 0 Å². The minimum atomic E-state index is -1.92. The van der Waals surface area contributed by atoms with Crippen molar-refractivity contribution < 1.29 is 8.76 Å². The largest absolute Gasteiger partial charge is 0.301 e. The Kier molecular flexibility index (Phi) is 1.40. The third-order valence-electron chi connectivity index (χ3n) is 0.663. The Labute approximate surface area is 48.2 Å². The van der Waals surface area contributed by atoms with Gasteiger partial charge in [-0.05, 0) is 6.07 Å². The van der Waals surface area contributed by atoms with Gasteiger partial charge in [-0.1, -0.05) is 0 Å². The monoisotopic (exact) mass is 132 g/mol. The molecule has 0 saturated carbocycles. The van der Waals surface area contributed by atoms with Crippen LogP contribution in [-0.2, 0) is 11.1 Å². The van der Waals surface area contributed by atoms with Crippen molar-refractivity contribution in [2.24, 2.45) is 0 Å². The molecule has 1 unspecified atom stereocenters. The Morgan fingerprint density at radius 1 is 1.88 bits per heavy atom. The second kappa shape index (κ2) is 2.06. The predicted octanol–water partition coefficient (Wildman–Crippen LogP) is -0.00970. The average Bonchev–Trinajstić information content (AvgIpc) is 2.12. The first-order valence-electron chi connectivity index (χ1n) is 1.91. The molecule has 8 heavy (non-hydrogen) atoms. The number of rotatable bonds is 1. The molecule has 0 spiro atoms. The fourth-order valence-corrected chi connectivity index (χ4v) is 0.648. The zero-order valence-corrected chi connectivity index (χ0v) is 4.68. The van der Waals surface area contributed by atoms with E-state index in [0.717, 1.165) is 0 Å². The number of nitrogens with zero attached hydrogens (tertiary/aromatic N) is 1. The maximum Gasteiger partial charge on any atom is 0.205 e. The van der Waals surface area contributed by atoms with Gasteiger partial charge in [0.2, 0.25) is 11.1 Å². The van der Waals surface area contributed by atoms with Gasteiger partial charge < -0.3 is 4.55 Å². The van der Waals surface area contributed by atoms with Crippen LogP contribution in [0.5, 0.6) is 0 Å². The molecule has 1 heterocycles. The molecule has 5 heteroatoms. The van der Waals surface area contributed by atoms with Gasteiger partial charge in [0.25, 0.3) is 0 Å². The van der Waals surface area contributed by atoms with Crippen molar-refractivity contribution in [3.05, 3.63) is 12.3 Å². The van der Waals surface area contributed by atoms with Crippen LogP contribution in [0.25, 0.3) is 0 Å². The van der Waals surface area contributed by atoms with E-state index in [4.69, 9.17) is 4.55 Å². The summed E-state index contributed by atoms with van der Waals surface area (Å²) in [6, 6.07) is 1.44. The SMILES string of the molecule is O=S(O)c1ccn[nH]1. The summed E-state index contributed by atoms with van der Waals surface area (Å²) in [7, 11) is 0. The van der Waals surface area contributed by atoms with E-state index in [1.807, 2.05) is 0 Å². The van der Waals surface area contributed by atoms with Gasteiger partial charge >= 0.3 is 0 Å². The summed E-state index contributed by atoms with van der Waals surface area (Å²) in [6.07, 6.45) is 1.42. The minimum absolute atomic E-state index is 0.227. The first-order chi connectivity index (χ1) is 3.80. The highest BCUT2D eigenvalue weighted by atomic mass is 32.2. The Bertz CT molecular complexity index is 183. The van der Waals surface area contributed by atoms with Crippen molar-refractivity contribution in [3.8, 4) is 0 Å². The number of hydrogen-bond acceptors (Lipinski definition) is 2. The second-order valence-corrected chi connectivity index (χ2v) is 2.11. The highest BCUT2D eigenvalue weighted by Crippen LogP contribution is 1.94. The molecule has 4 nitrogen and oxygen atoms in total. The third kappa shape index (κ3) is 0.932. The Morgan fingerprint density at radius 3 is 2.88 bits per heavy atom. The fourth-order valence-electron chi connectivity index (χ4n) is 0.340. The normalized spacial score (nSPS) is 13.6. The smallest absolute Gasteiger partial charge is 0.205 e. The summed E-state index contributed by atoms with van der Waals surface area (Å²) in [4.78, 5) is 0. The number of aromatic nitrogens is 2. The molecule has 0 radical (unpaired) electrons. The van der Waals surface area contributed by atoms with Crippen LogP contribution in [0.15, 0.2) is 17.3 Å². The van der Waals surface area contributed by atoms with Crippen molar-refractivity contribution in [1.82, 2.24) is 10.2 Å². The molecular formula is C3H4N2O2S. The van der Waals surface area contributed by atoms with Gasteiger partial charge in [0.05, 0.1) is 6.20 Å². The van der Waals surface area contributed by atoms with Gasteiger partial charge in [0, 0.05) is 0 Å². The first-order valence-corrected chi connectivity index (χ1v) is 3.01. The van der Waals surface area contributed by atoms with E-state index in [9.17, 15) is 4.21 Å². The Hall–Kier alpha value is -0.680. The molecule has 0 bridgehead atoms. The molecule has 0 saturated heterocycles. The molecule has 1 aromatic heterocycles. The van der Waals surface area contributed by atoms with Crippen molar-refractivity contribution in [1.29, 1.82) is 0 Å². The summed E-state index contributed by atoms with van der Waals surface area (Å²) in [5.74, 6) is 0. The average molecular weight is 132 g/mol. The predicted molar refractivity (Wildman–Crippen MR) is 27.6 cm³/mol. The second-order valence-electron chi connectivity index (χ2n) is 1.17. The third-order valence-corrected chi connectivity index (χ3v) is 1.27. The molecule has 0 aromatic carbocycles. The van der Waals surface area contributed by atoms with Crippen LogP contribution < -0.4 is 0 Å². The molecule has 1 rings (SSSR count). The van der Waals surface area contributed by atoms with Crippen LogP contribution in [-0.4, -0.2) is 19.0 Å². The Morgan fingerprint density at radius 2 is 2.62 bits per heavy atom. The van der Waals surface area contributed by atoms with E-state index < -0.39 is 11.1 Å². The van der Waals surface area contributed by atoms with Gasteiger partial charge in [-0.2, -0.15) is 5.10 Å². The topological polar surface area (TPSA) is 66.0 Å². The molecule has 0 aliphatic carbocycles. The fraction of sp³-hybridized carbons (Fsp3) is 0. The van der Waals surface area contributed by atoms with Crippen LogP contribution >= 0.6 is 0 Å². The van der Waals surface area contributed by atoms with Crippen LogP contribution in [0.3, 0.4) is 0 Å². The van der Waals surface area contributed by atoms with Gasteiger partial charge in [0.15, 0.2) is 0 Å². The Balaban J connectivity index is 2.93. The number of H-pyrrole nitrogens is 1. The standard InChI is InChI=1S/C3H4N2O2S/c6-8(7)3-1-2-4-5-3/h1-2H,(H,4,5)(H,6,7). The molecule has 1 atom stereocenters. The van der Waals surface area contributed by atoms with E-state index in [0.29, 0.717) is 0 Å². The maximum atomic E-state index is 10.1. The summed E-state index contributed by atoms with van der Waals surface area (Å²) < 4.78 is 18.4. The minimum Gasteiger partial charge on any atom is -0.301 e. The van der Waals surface area contributed by atoms with Crippen molar-refractivity contribution in [2.75, 3.05) is 0 Å². The lowest BCUT2D eigenvalue weighted by atomic mass is 10.8. The van der Waals surface area contributed by atoms with E-state index >= 15 is 0 Å². The summed E-state index contributed by atoms with van der Waals surface area (Å²) >= 11 is -1.92. The summed E-state index contributed by atoms with van der Waals surface area (Å²) in [6.45, 7) is 0. The maximum absolute atomic E-state index is 10.1. The van der Waals surface area contributed by atoms with Gasteiger partial charge in [-0.15, -0.1) is 0 Å². The highest BCUT2D eigenvalue weighted by Gasteiger charge is 1.96. The first kappa shape index (κ1) is 5.46. The lowest BCUT2D eigenvalue weighted by Gasteiger charge is -1.80. The number of nitrogens with one attached hydrogen (secondary N) is 1. The van der Waals surface area contributed by atoms with Gasteiger partial charge in [-0.3, -0.25) is 5.10 Å². The van der Waals surface area contributed by atoms with E-state index in [1.165, 1.54) is 12.3 Å². The van der Waals surface area contributed by atoms with Crippen molar-refractivity contribution in [2.45, 2.75) is 5.03 Å². The van der Waals surface area contributed by atoms with Crippen LogP contribution in [0.4, 0.5) is 0 Å². The molecule has 2 N–H and O–H groups in total. The number of aromatic amines is 1. The summed E-state index contributed by atoms with van der Waals surface area (Å²) in [5.41, 5.74) is 0. The molecular weight excluding hydrogens is 128 g/mol. The molecule has 0 aliphatic rings. The zero-order chi connectivity index (χ0) is 5.98. The lowest BCUT2D eigenvalue weighted by molar-refractivity contribution is 0.560. The van der Waals surface area contributed by atoms with Crippen molar-refractivity contribution in [3.63, 3.8) is 0 Å². The molecule has 44 valence electrons. The van der Waals surface area contributed by atoms with Gasteiger partial charge in [0.1, 0.15) is 5.03 Å². The lowest BCUT2D eigenvalue weighted by Crippen LogP contribution is -1.86. The van der Waals surface area contributed by atoms with Crippen LogP contribution in [0.2, 0.25) is 0 Å². The molecule has 1 aromatic rings. The van der Waals surface area contributed by atoms with Crippen LogP contribution in [0.1, 0.15) is 0 Å². The van der Waals surface area contributed by atoms with Crippen molar-refractivity contribution >= 4 is 11.1 Å². The number of hydrogen-bond donors (Lipinski definition) is 2. The zero-order valence-electron chi connectivity index (χ0n) is 3.87. The molecule has 0 fully saturated rings.